The molecule has 1 atom stereocenters. The van der Waals surface area contributed by atoms with Crippen LogP contribution in [0.25, 0.3) is 0 Å². The van der Waals surface area contributed by atoms with Crippen molar-refractivity contribution in [3.8, 4) is 0 Å². The van der Waals surface area contributed by atoms with Crippen LogP contribution in [0.15, 0.2) is 0 Å². The maximum Gasteiger partial charge on any atom is 0.0192 e. The molecule has 0 radical (unpaired) electrons. The molecule has 0 bridgehead atoms. The molecule has 1 aliphatic carbocycles. The smallest absolute Gasteiger partial charge is 0.0192 e. The summed E-state index contributed by atoms with van der Waals surface area (Å²) in [4.78, 5) is 0. The van der Waals surface area contributed by atoms with Crippen molar-refractivity contribution < 1.29 is 0 Å². The second kappa shape index (κ2) is 4.24. The van der Waals surface area contributed by atoms with Gasteiger partial charge in [-0.3, -0.25) is 0 Å². The second-order valence-electron chi connectivity index (χ2n) is 4.18. The van der Waals surface area contributed by atoms with Crippen molar-refractivity contribution in [3.05, 3.63) is 0 Å². The van der Waals surface area contributed by atoms with E-state index < -0.39 is 0 Å². The molecule has 0 aromatic rings. The van der Waals surface area contributed by atoms with E-state index in [1.807, 2.05) is 0 Å². The Balaban J connectivity index is 1.58. The normalized spacial score (nSPS) is 31.5. The third-order valence-electron chi connectivity index (χ3n) is 3.17. The van der Waals surface area contributed by atoms with Gasteiger partial charge in [0.1, 0.15) is 0 Å². The van der Waals surface area contributed by atoms with Gasteiger partial charge in [0, 0.05) is 18.6 Å². The lowest BCUT2D eigenvalue weighted by molar-refractivity contribution is 0.303. The van der Waals surface area contributed by atoms with Crippen LogP contribution in [-0.2, 0) is 0 Å². The van der Waals surface area contributed by atoms with E-state index in [4.69, 9.17) is 0 Å². The first kappa shape index (κ1) is 8.52. The molecular weight excluding hydrogens is 148 g/mol. The maximum absolute atomic E-state index is 3.63. The minimum atomic E-state index is 0.763. The van der Waals surface area contributed by atoms with Crippen LogP contribution in [0.3, 0.4) is 0 Å². The van der Waals surface area contributed by atoms with E-state index >= 15 is 0 Å². The van der Waals surface area contributed by atoms with Gasteiger partial charge in [0.15, 0.2) is 0 Å². The van der Waals surface area contributed by atoms with Crippen molar-refractivity contribution in [3.63, 3.8) is 0 Å². The van der Waals surface area contributed by atoms with Crippen LogP contribution in [0, 0.1) is 0 Å². The summed E-state index contributed by atoms with van der Waals surface area (Å²) in [5.74, 6) is 0. The summed E-state index contributed by atoms with van der Waals surface area (Å²) in [6, 6.07) is 1.62. The molecule has 1 saturated carbocycles. The predicted molar refractivity (Wildman–Crippen MR) is 51.3 cm³/mol. The summed E-state index contributed by atoms with van der Waals surface area (Å²) in [7, 11) is 0. The summed E-state index contributed by atoms with van der Waals surface area (Å²) in [5, 5.41) is 7.19. The van der Waals surface area contributed by atoms with E-state index in [0.29, 0.717) is 0 Å². The van der Waals surface area contributed by atoms with E-state index in [0.717, 1.165) is 12.1 Å². The highest BCUT2D eigenvalue weighted by Gasteiger charge is 2.19. The molecule has 70 valence electrons. The molecular formula is C10H20N2. The van der Waals surface area contributed by atoms with Gasteiger partial charge in [0.25, 0.3) is 0 Å². The third kappa shape index (κ3) is 2.20. The number of rotatable bonds is 3. The summed E-state index contributed by atoms with van der Waals surface area (Å²) >= 11 is 0. The van der Waals surface area contributed by atoms with Gasteiger partial charge in [-0.1, -0.05) is 12.8 Å². The third-order valence-corrected chi connectivity index (χ3v) is 3.17. The zero-order chi connectivity index (χ0) is 8.23. The second-order valence-corrected chi connectivity index (χ2v) is 4.18. The number of piperidine rings is 1. The quantitative estimate of drug-likeness (QED) is 0.663. The Morgan fingerprint density at radius 1 is 1.08 bits per heavy atom. The summed E-state index contributed by atoms with van der Waals surface area (Å²) in [6.07, 6.45) is 8.43. The van der Waals surface area contributed by atoms with Crippen LogP contribution in [0.1, 0.15) is 38.5 Å². The van der Waals surface area contributed by atoms with Gasteiger partial charge in [0.05, 0.1) is 0 Å². The lowest BCUT2D eigenvalue weighted by Crippen LogP contribution is -2.46. The largest absolute Gasteiger partial charge is 0.313 e. The predicted octanol–water partition coefficient (Wildman–Crippen LogP) is 1.27. The van der Waals surface area contributed by atoms with Crippen LogP contribution in [0.2, 0.25) is 0 Å². The molecule has 1 aliphatic heterocycles. The molecule has 2 fully saturated rings. The Kier molecular flexibility index (Phi) is 3.01. The van der Waals surface area contributed by atoms with E-state index in [-0.39, 0.29) is 0 Å². The Morgan fingerprint density at radius 2 is 2.00 bits per heavy atom. The van der Waals surface area contributed by atoms with Crippen molar-refractivity contribution >= 4 is 0 Å². The Hall–Kier alpha value is -0.0800. The van der Waals surface area contributed by atoms with Gasteiger partial charge in [-0.25, -0.2) is 0 Å². The molecule has 1 saturated heterocycles. The highest BCUT2D eigenvalue weighted by Crippen LogP contribution is 2.18. The van der Waals surface area contributed by atoms with Gasteiger partial charge in [-0.2, -0.15) is 0 Å². The number of hydrogen-bond donors (Lipinski definition) is 2. The first-order valence-corrected chi connectivity index (χ1v) is 5.42. The molecule has 2 aliphatic rings. The average Bonchev–Trinajstić information content (AvgIpc) is 2.04. The zero-order valence-electron chi connectivity index (χ0n) is 7.81. The number of nitrogens with one attached hydrogen (secondary N) is 2. The van der Waals surface area contributed by atoms with E-state index in [9.17, 15) is 0 Å². The fourth-order valence-electron chi connectivity index (χ4n) is 2.02. The Labute approximate surface area is 75.1 Å². The highest BCUT2D eigenvalue weighted by molar-refractivity contribution is 4.81. The van der Waals surface area contributed by atoms with Crippen LogP contribution >= 0.6 is 0 Å². The molecule has 0 spiro atoms. The summed E-state index contributed by atoms with van der Waals surface area (Å²) < 4.78 is 0. The van der Waals surface area contributed by atoms with Crippen LogP contribution in [0.5, 0.6) is 0 Å². The molecule has 1 heterocycles. The summed E-state index contributed by atoms with van der Waals surface area (Å²) in [5.41, 5.74) is 0. The van der Waals surface area contributed by atoms with Gasteiger partial charge in [0.2, 0.25) is 0 Å². The van der Waals surface area contributed by atoms with E-state index in [1.54, 1.807) is 0 Å². The van der Waals surface area contributed by atoms with Gasteiger partial charge >= 0.3 is 0 Å². The molecule has 2 rings (SSSR count). The van der Waals surface area contributed by atoms with Gasteiger partial charge < -0.3 is 10.6 Å². The Morgan fingerprint density at radius 3 is 2.58 bits per heavy atom. The van der Waals surface area contributed by atoms with Crippen molar-refractivity contribution in [2.45, 2.75) is 50.6 Å². The molecule has 2 N–H and O–H groups in total. The summed E-state index contributed by atoms with van der Waals surface area (Å²) in [6.45, 7) is 2.43. The number of hydrogen-bond acceptors (Lipinski definition) is 2. The SMILES string of the molecule is C1CCC(CNC2CCC2)NC1. The monoisotopic (exact) mass is 168 g/mol. The minimum absolute atomic E-state index is 0.763. The van der Waals surface area contributed by atoms with Gasteiger partial charge in [-0.05, 0) is 32.2 Å². The minimum Gasteiger partial charge on any atom is -0.313 e. The fraction of sp³-hybridized carbons (Fsp3) is 1.00. The van der Waals surface area contributed by atoms with Crippen molar-refractivity contribution in [1.82, 2.24) is 10.6 Å². The lowest BCUT2D eigenvalue weighted by atomic mass is 9.92. The standard InChI is InChI=1S/C10H20N2/c1-2-7-11-10(4-1)8-12-9-5-3-6-9/h9-12H,1-8H2. The van der Waals surface area contributed by atoms with Crippen LogP contribution in [-0.4, -0.2) is 25.2 Å². The van der Waals surface area contributed by atoms with Gasteiger partial charge in [-0.15, -0.1) is 0 Å². The van der Waals surface area contributed by atoms with E-state index in [2.05, 4.69) is 10.6 Å². The maximum atomic E-state index is 3.63. The van der Waals surface area contributed by atoms with Crippen LogP contribution in [0.4, 0.5) is 0 Å². The zero-order valence-corrected chi connectivity index (χ0v) is 7.81. The average molecular weight is 168 g/mol. The van der Waals surface area contributed by atoms with Crippen molar-refractivity contribution in [2.24, 2.45) is 0 Å². The lowest BCUT2D eigenvalue weighted by Gasteiger charge is -2.30. The molecule has 2 nitrogen and oxygen atoms in total. The topological polar surface area (TPSA) is 24.1 Å². The van der Waals surface area contributed by atoms with Crippen LogP contribution < -0.4 is 10.6 Å². The highest BCUT2D eigenvalue weighted by atomic mass is 15.0. The molecule has 0 aromatic heterocycles. The Bertz CT molecular complexity index is 126. The van der Waals surface area contributed by atoms with E-state index in [1.165, 1.54) is 51.6 Å². The molecule has 0 aromatic carbocycles. The first-order valence-electron chi connectivity index (χ1n) is 5.42. The molecule has 1 unspecified atom stereocenters. The first-order chi connectivity index (χ1) is 5.95. The van der Waals surface area contributed by atoms with Crippen molar-refractivity contribution in [2.75, 3.05) is 13.1 Å². The molecule has 2 heteroatoms. The molecule has 12 heavy (non-hydrogen) atoms. The molecule has 0 amide bonds. The van der Waals surface area contributed by atoms with Crippen molar-refractivity contribution in [1.29, 1.82) is 0 Å². The fourth-order valence-corrected chi connectivity index (χ4v) is 2.02.